The minimum absolute atomic E-state index is 0.357. The Morgan fingerprint density at radius 1 is 1.00 bits per heavy atom. The molecule has 1 aromatic heterocycles. The minimum atomic E-state index is 0.357. The normalized spacial score (nSPS) is 10.3. The van der Waals surface area contributed by atoms with Gasteiger partial charge in [-0.2, -0.15) is 0 Å². The monoisotopic (exact) mass is 277 g/mol. The summed E-state index contributed by atoms with van der Waals surface area (Å²) in [6.45, 7) is 3.77. The molecular weight excluding hydrogens is 266 g/mol. The van der Waals surface area contributed by atoms with Crippen LogP contribution in [0, 0.1) is 4.91 Å². The third kappa shape index (κ3) is 2.49. The van der Waals surface area contributed by atoms with Gasteiger partial charge in [0.1, 0.15) is 5.69 Å². The zero-order valence-corrected chi connectivity index (χ0v) is 11.1. The van der Waals surface area contributed by atoms with Crippen LogP contribution in [0.25, 0.3) is 29.0 Å². The standard InChI is InChI=1S/C16H11N3O2/c1-2-11-5-3-4-6-14(11)16-18-17-15(21-16)12-7-9-13(19-20)10-8-12/h2-10H,1H2. The van der Waals surface area contributed by atoms with Crippen molar-refractivity contribution >= 4 is 11.8 Å². The summed E-state index contributed by atoms with van der Waals surface area (Å²) >= 11 is 0. The average Bonchev–Trinajstić information content (AvgIpc) is 3.04. The summed E-state index contributed by atoms with van der Waals surface area (Å²) in [6, 6.07) is 14.3. The van der Waals surface area contributed by atoms with Crippen LogP contribution < -0.4 is 0 Å². The van der Waals surface area contributed by atoms with Gasteiger partial charge in [0.25, 0.3) is 0 Å². The molecule has 5 heteroatoms. The maximum Gasteiger partial charge on any atom is 0.248 e. The van der Waals surface area contributed by atoms with Crippen molar-refractivity contribution in [1.29, 1.82) is 0 Å². The van der Waals surface area contributed by atoms with Gasteiger partial charge in [-0.3, -0.25) is 0 Å². The zero-order chi connectivity index (χ0) is 14.7. The summed E-state index contributed by atoms with van der Waals surface area (Å²) in [4.78, 5) is 10.4. The second kappa shape index (κ2) is 5.50. The van der Waals surface area contributed by atoms with E-state index >= 15 is 0 Å². The molecule has 0 aliphatic heterocycles. The fraction of sp³-hybridized carbons (Fsp3) is 0. The van der Waals surface area contributed by atoms with Crippen LogP contribution in [-0.2, 0) is 0 Å². The quantitative estimate of drug-likeness (QED) is 0.661. The summed E-state index contributed by atoms with van der Waals surface area (Å²) in [6.07, 6.45) is 1.74. The van der Waals surface area contributed by atoms with E-state index in [4.69, 9.17) is 4.42 Å². The van der Waals surface area contributed by atoms with Crippen LogP contribution in [-0.4, -0.2) is 10.2 Å². The third-order valence-corrected chi connectivity index (χ3v) is 3.06. The number of hydrogen-bond acceptors (Lipinski definition) is 5. The van der Waals surface area contributed by atoms with Gasteiger partial charge in [-0.1, -0.05) is 30.9 Å². The first-order chi connectivity index (χ1) is 10.3. The van der Waals surface area contributed by atoms with E-state index in [1.807, 2.05) is 24.3 Å². The lowest BCUT2D eigenvalue weighted by molar-refractivity contribution is 0.584. The van der Waals surface area contributed by atoms with Crippen molar-refractivity contribution in [3.63, 3.8) is 0 Å². The SMILES string of the molecule is C=Cc1ccccc1-c1nnc(-c2ccc(N=O)cc2)o1. The second-order valence-electron chi connectivity index (χ2n) is 4.34. The Morgan fingerprint density at radius 2 is 1.71 bits per heavy atom. The molecule has 0 spiro atoms. The lowest BCUT2D eigenvalue weighted by atomic mass is 10.1. The summed E-state index contributed by atoms with van der Waals surface area (Å²) in [5.41, 5.74) is 2.85. The number of aromatic nitrogens is 2. The number of nitrogens with zero attached hydrogens (tertiary/aromatic N) is 3. The molecule has 3 rings (SSSR count). The molecule has 0 atom stereocenters. The molecule has 0 aliphatic rings. The van der Waals surface area contributed by atoms with Gasteiger partial charge < -0.3 is 4.42 Å². The van der Waals surface area contributed by atoms with E-state index in [9.17, 15) is 4.91 Å². The summed E-state index contributed by atoms with van der Waals surface area (Å²) < 4.78 is 5.69. The Bertz CT molecular complexity index is 791. The summed E-state index contributed by atoms with van der Waals surface area (Å²) in [5, 5.41) is 11.0. The van der Waals surface area contributed by atoms with Gasteiger partial charge in [0.05, 0.1) is 0 Å². The topological polar surface area (TPSA) is 68.3 Å². The van der Waals surface area contributed by atoms with Gasteiger partial charge in [-0.15, -0.1) is 15.1 Å². The van der Waals surface area contributed by atoms with Gasteiger partial charge in [0, 0.05) is 11.1 Å². The first-order valence-corrected chi connectivity index (χ1v) is 6.31. The molecule has 0 N–H and O–H groups in total. The Kier molecular flexibility index (Phi) is 3.39. The fourth-order valence-electron chi connectivity index (χ4n) is 1.98. The Balaban J connectivity index is 1.99. The highest BCUT2D eigenvalue weighted by atomic mass is 16.4. The van der Waals surface area contributed by atoms with E-state index in [1.54, 1.807) is 30.3 Å². The number of hydrogen-bond donors (Lipinski definition) is 0. The molecule has 0 saturated heterocycles. The average molecular weight is 277 g/mol. The molecule has 102 valence electrons. The smallest absolute Gasteiger partial charge is 0.248 e. The van der Waals surface area contributed by atoms with Crippen LogP contribution in [0.1, 0.15) is 5.56 Å². The maximum absolute atomic E-state index is 10.4. The van der Waals surface area contributed by atoms with Crippen molar-refractivity contribution in [1.82, 2.24) is 10.2 Å². The molecule has 5 nitrogen and oxygen atoms in total. The van der Waals surface area contributed by atoms with Gasteiger partial charge in [0.15, 0.2) is 0 Å². The molecule has 0 bridgehead atoms. The maximum atomic E-state index is 10.4. The highest BCUT2D eigenvalue weighted by molar-refractivity contribution is 5.70. The van der Waals surface area contributed by atoms with E-state index < -0.39 is 0 Å². The van der Waals surface area contributed by atoms with Gasteiger partial charge in [0.2, 0.25) is 11.8 Å². The molecule has 3 aromatic rings. The molecule has 0 unspecified atom stereocenters. The van der Waals surface area contributed by atoms with Crippen LogP contribution in [0.15, 0.2) is 64.7 Å². The largest absolute Gasteiger partial charge is 0.416 e. The predicted molar refractivity (Wildman–Crippen MR) is 80.7 cm³/mol. The molecule has 0 fully saturated rings. The molecule has 2 aromatic carbocycles. The molecule has 0 saturated carbocycles. The molecule has 0 amide bonds. The third-order valence-electron chi connectivity index (χ3n) is 3.06. The number of rotatable bonds is 4. The predicted octanol–water partition coefficient (Wildman–Crippen LogP) is 4.44. The van der Waals surface area contributed by atoms with Crippen molar-refractivity contribution in [3.05, 3.63) is 65.6 Å². The highest BCUT2D eigenvalue weighted by Crippen LogP contribution is 2.27. The van der Waals surface area contributed by atoms with E-state index in [0.29, 0.717) is 17.5 Å². The van der Waals surface area contributed by atoms with Crippen LogP contribution in [0.3, 0.4) is 0 Å². The van der Waals surface area contributed by atoms with Gasteiger partial charge >= 0.3 is 0 Å². The summed E-state index contributed by atoms with van der Waals surface area (Å²) in [7, 11) is 0. The lowest BCUT2D eigenvalue weighted by Gasteiger charge is -1.99. The van der Waals surface area contributed by atoms with Crippen molar-refractivity contribution < 1.29 is 4.42 Å². The van der Waals surface area contributed by atoms with Crippen molar-refractivity contribution in [2.45, 2.75) is 0 Å². The van der Waals surface area contributed by atoms with Crippen LogP contribution in [0.2, 0.25) is 0 Å². The Morgan fingerprint density at radius 3 is 2.43 bits per heavy atom. The summed E-state index contributed by atoms with van der Waals surface area (Å²) in [5.74, 6) is 0.819. The Labute approximate surface area is 120 Å². The van der Waals surface area contributed by atoms with E-state index in [1.165, 1.54) is 0 Å². The zero-order valence-electron chi connectivity index (χ0n) is 11.1. The fourth-order valence-corrected chi connectivity index (χ4v) is 1.98. The first kappa shape index (κ1) is 12.9. The molecule has 21 heavy (non-hydrogen) atoms. The minimum Gasteiger partial charge on any atom is -0.416 e. The number of nitroso groups, excluding NO2 is 1. The van der Waals surface area contributed by atoms with Crippen LogP contribution in [0.4, 0.5) is 5.69 Å². The molecule has 1 heterocycles. The van der Waals surface area contributed by atoms with E-state index in [-0.39, 0.29) is 0 Å². The lowest BCUT2D eigenvalue weighted by Crippen LogP contribution is -1.82. The van der Waals surface area contributed by atoms with Gasteiger partial charge in [-0.25, -0.2) is 0 Å². The molecule has 0 aliphatic carbocycles. The van der Waals surface area contributed by atoms with Crippen LogP contribution >= 0.6 is 0 Å². The van der Waals surface area contributed by atoms with E-state index in [2.05, 4.69) is 22.0 Å². The van der Waals surface area contributed by atoms with Crippen molar-refractivity contribution in [2.24, 2.45) is 5.18 Å². The van der Waals surface area contributed by atoms with Crippen LogP contribution in [0.5, 0.6) is 0 Å². The first-order valence-electron chi connectivity index (χ1n) is 6.31. The molecular formula is C16H11N3O2. The Hall–Kier alpha value is -3.08. The molecule has 0 radical (unpaired) electrons. The highest BCUT2D eigenvalue weighted by Gasteiger charge is 2.12. The van der Waals surface area contributed by atoms with Gasteiger partial charge in [-0.05, 0) is 41.1 Å². The van der Waals surface area contributed by atoms with E-state index in [0.717, 1.165) is 16.7 Å². The number of benzene rings is 2. The second-order valence-corrected chi connectivity index (χ2v) is 4.34. The van der Waals surface area contributed by atoms with Crippen molar-refractivity contribution in [2.75, 3.05) is 0 Å². The van der Waals surface area contributed by atoms with Crippen molar-refractivity contribution in [3.8, 4) is 22.9 Å².